The Balaban J connectivity index is 1.56. The number of fused-ring (bicyclic) bond motifs is 1. The molecule has 1 aromatic carbocycles. The van der Waals surface area contributed by atoms with Gasteiger partial charge in [0.05, 0.1) is 5.39 Å². The van der Waals surface area contributed by atoms with Crippen LogP contribution in [0.4, 0.5) is 5.82 Å². The normalized spacial score (nSPS) is 15.3. The van der Waals surface area contributed by atoms with Crippen molar-refractivity contribution in [1.82, 2.24) is 14.9 Å². The summed E-state index contributed by atoms with van der Waals surface area (Å²) < 4.78 is 0. The highest BCUT2D eigenvalue weighted by Crippen LogP contribution is 2.33. The quantitative estimate of drug-likeness (QED) is 0.667. The van der Waals surface area contributed by atoms with Gasteiger partial charge in [-0.25, -0.2) is 9.97 Å². The Morgan fingerprint density at radius 1 is 1.04 bits per heavy atom. The summed E-state index contributed by atoms with van der Waals surface area (Å²) in [5.74, 6) is 1.90. The molecule has 3 aromatic rings. The zero-order valence-corrected chi connectivity index (χ0v) is 17.1. The van der Waals surface area contributed by atoms with E-state index in [4.69, 9.17) is 9.97 Å². The van der Waals surface area contributed by atoms with Gasteiger partial charge in [-0.3, -0.25) is 0 Å². The number of likely N-dealkylation sites (tertiary alicyclic amines) is 1. The monoisotopic (exact) mass is 380 g/mol. The van der Waals surface area contributed by atoms with Crippen molar-refractivity contribution in [3.05, 3.63) is 52.2 Å². The van der Waals surface area contributed by atoms with Crippen LogP contribution in [0.3, 0.4) is 0 Å². The second kappa shape index (κ2) is 8.36. The third-order valence-corrected chi connectivity index (χ3v) is 6.55. The van der Waals surface area contributed by atoms with Crippen LogP contribution in [0, 0.1) is 13.8 Å². The maximum Gasteiger partial charge on any atom is 0.138 e. The number of hydrogen-bond acceptors (Lipinski definition) is 5. The van der Waals surface area contributed by atoms with Crippen LogP contribution in [0.15, 0.2) is 30.3 Å². The molecule has 0 aliphatic carbocycles. The summed E-state index contributed by atoms with van der Waals surface area (Å²) in [5, 5.41) is 4.83. The Morgan fingerprint density at radius 2 is 1.81 bits per heavy atom. The molecule has 0 saturated carbocycles. The van der Waals surface area contributed by atoms with Gasteiger partial charge in [-0.2, -0.15) is 0 Å². The number of benzene rings is 1. The summed E-state index contributed by atoms with van der Waals surface area (Å²) in [7, 11) is 0. The van der Waals surface area contributed by atoms with Gasteiger partial charge in [0.2, 0.25) is 0 Å². The molecule has 0 amide bonds. The number of aromatic nitrogens is 2. The van der Waals surface area contributed by atoms with Gasteiger partial charge in [0.25, 0.3) is 0 Å². The van der Waals surface area contributed by atoms with E-state index in [2.05, 4.69) is 48.3 Å². The van der Waals surface area contributed by atoms with Crippen molar-refractivity contribution in [1.29, 1.82) is 0 Å². The number of nitrogens with one attached hydrogen (secondary N) is 1. The second-order valence-corrected chi connectivity index (χ2v) is 8.65. The van der Waals surface area contributed by atoms with E-state index in [1.807, 2.05) is 6.07 Å². The first-order valence-electron chi connectivity index (χ1n) is 9.97. The molecule has 4 rings (SSSR count). The zero-order chi connectivity index (χ0) is 18.6. The Labute approximate surface area is 165 Å². The Hall–Kier alpha value is -1.98. The molecular formula is C22H28N4S. The summed E-state index contributed by atoms with van der Waals surface area (Å²) in [4.78, 5) is 14.8. The number of aryl methyl sites for hydroxylation is 2. The van der Waals surface area contributed by atoms with Crippen molar-refractivity contribution in [2.45, 2.75) is 39.5 Å². The molecule has 0 spiro atoms. The van der Waals surface area contributed by atoms with Gasteiger partial charge in [0.15, 0.2) is 0 Å². The number of thiophene rings is 1. The first kappa shape index (κ1) is 18.4. The van der Waals surface area contributed by atoms with Crippen LogP contribution in [0.1, 0.15) is 41.1 Å². The van der Waals surface area contributed by atoms with E-state index in [1.165, 1.54) is 53.7 Å². The van der Waals surface area contributed by atoms with Gasteiger partial charge in [-0.1, -0.05) is 36.8 Å². The maximum atomic E-state index is 4.92. The molecule has 27 heavy (non-hydrogen) atoms. The average Bonchev–Trinajstić information content (AvgIpc) is 2.97. The number of nitrogens with zero attached hydrogens (tertiary/aromatic N) is 3. The van der Waals surface area contributed by atoms with Crippen molar-refractivity contribution >= 4 is 27.4 Å². The highest BCUT2D eigenvalue weighted by atomic mass is 32.1. The van der Waals surface area contributed by atoms with Crippen molar-refractivity contribution in [3.63, 3.8) is 0 Å². The molecule has 0 radical (unpaired) electrons. The molecule has 1 N–H and O–H groups in total. The number of rotatable bonds is 6. The van der Waals surface area contributed by atoms with Crippen LogP contribution in [-0.2, 0) is 6.42 Å². The van der Waals surface area contributed by atoms with Gasteiger partial charge in [-0.05, 0) is 50.9 Å². The van der Waals surface area contributed by atoms with E-state index in [1.54, 1.807) is 11.3 Å². The van der Waals surface area contributed by atoms with Crippen molar-refractivity contribution in [3.8, 4) is 0 Å². The smallest absolute Gasteiger partial charge is 0.138 e. The summed E-state index contributed by atoms with van der Waals surface area (Å²) in [6, 6.07) is 10.5. The minimum atomic E-state index is 0.771. The third-order valence-electron chi connectivity index (χ3n) is 5.45. The van der Waals surface area contributed by atoms with Crippen LogP contribution in [0.25, 0.3) is 10.2 Å². The molecule has 2 aromatic heterocycles. The van der Waals surface area contributed by atoms with Crippen molar-refractivity contribution in [2.75, 3.05) is 31.5 Å². The average molecular weight is 381 g/mol. The molecule has 5 heteroatoms. The van der Waals surface area contributed by atoms with Crippen LogP contribution in [0.2, 0.25) is 0 Å². The van der Waals surface area contributed by atoms with Crippen molar-refractivity contribution < 1.29 is 0 Å². The van der Waals surface area contributed by atoms with Crippen molar-refractivity contribution in [2.24, 2.45) is 0 Å². The van der Waals surface area contributed by atoms with Gasteiger partial charge < -0.3 is 10.2 Å². The minimum absolute atomic E-state index is 0.771. The zero-order valence-electron chi connectivity index (χ0n) is 16.3. The minimum Gasteiger partial charge on any atom is -0.368 e. The lowest BCUT2D eigenvalue weighted by Gasteiger charge is -2.26. The molecule has 0 unspecified atom stereocenters. The molecular weight excluding hydrogens is 352 g/mol. The van der Waals surface area contributed by atoms with Crippen LogP contribution < -0.4 is 5.32 Å². The second-order valence-electron chi connectivity index (χ2n) is 7.44. The van der Waals surface area contributed by atoms with Gasteiger partial charge >= 0.3 is 0 Å². The molecule has 1 aliphatic heterocycles. The molecule has 3 heterocycles. The fraction of sp³-hybridized carbons (Fsp3) is 0.455. The predicted octanol–water partition coefficient (Wildman–Crippen LogP) is 4.80. The largest absolute Gasteiger partial charge is 0.368 e. The van der Waals surface area contributed by atoms with E-state index in [0.29, 0.717) is 0 Å². The highest BCUT2D eigenvalue weighted by molar-refractivity contribution is 7.18. The number of piperidine rings is 1. The van der Waals surface area contributed by atoms with E-state index in [-0.39, 0.29) is 0 Å². The Kier molecular flexibility index (Phi) is 5.69. The van der Waals surface area contributed by atoms with Gasteiger partial charge in [0, 0.05) is 24.4 Å². The Morgan fingerprint density at radius 3 is 2.59 bits per heavy atom. The lowest BCUT2D eigenvalue weighted by Crippen LogP contribution is -2.33. The van der Waals surface area contributed by atoms with E-state index < -0.39 is 0 Å². The third kappa shape index (κ3) is 4.30. The van der Waals surface area contributed by atoms with E-state index in [0.717, 1.165) is 36.0 Å². The van der Waals surface area contributed by atoms with Gasteiger partial charge in [-0.15, -0.1) is 11.3 Å². The summed E-state index contributed by atoms with van der Waals surface area (Å²) in [5.41, 5.74) is 2.56. The molecule has 4 nitrogen and oxygen atoms in total. The predicted molar refractivity (Wildman–Crippen MR) is 115 cm³/mol. The number of anilines is 1. The summed E-state index contributed by atoms with van der Waals surface area (Å²) in [6.07, 6.45) is 4.82. The maximum absolute atomic E-state index is 4.92. The van der Waals surface area contributed by atoms with Crippen LogP contribution in [-0.4, -0.2) is 41.0 Å². The molecule has 1 aliphatic rings. The molecule has 1 saturated heterocycles. The summed E-state index contributed by atoms with van der Waals surface area (Å²) >= 11 is 1.78. The SMILES string of the molecule is Cc1sc2nc(Cc3ccccc3)nc(NCCN3CCCCC3)c2c1C. The molecule has 142 valence electrons. The van der Waals surface area contributed by atoms with Crippen LogP contribution in [0.5, 0.6) is 0 Å². The van der Waals surface area contributed by atoms with Crippen LogP contribution >= 0.6 is 11.3 Å². The lowest BCUT2D eigenvalue weighted by atomic mass is 10.1. The fourth-order valence-corrected chi connectivity index (χ4v) is 4.84. The highest BCUT2D eigenvalue weighted by Gasteiger charge is 2.15. The van der Waals surface area contributed by atoms with E-state index in [9.17, 15) is 0 Å². The Bertz CT molecular complexity index is 898. The first-order chi connectivity index (χ1) is 13.2. The number of hydrogen-bond donors (Lipinski definition) is 1. The standard InChI is InChI=1S/C22H28N4S/c1-16-17(2)27-22-20(16)21(23-11-14-26-12-7-4-8-13-26)24-19(25-22)15-18-9-5-3-6-10-18/h3,5-6,9-10H,4,7-8,11-15H2,1-2H3,(H,23,24,25). The molecule has 0 atom stereocenters. The first-order valence-corrected chi connectivity index (χ1v) is 10.8. The summed E-state index contributed by atoms with van der Waals surface area (Å²) in [6.45, 7) is 8.85. The van der Waals surface area contributed by atoms with E-state index >= 15 is 0 Å². The van der Waals surface area contributed by atoms with Gasteiger partial charge in [0.1, 0.15) is 16.5 Å². The fourth-order valence-electron chi connectivity index (χ4n) is 3.79. The topological polar surface area (TPSA) is 41.1 Å². The lowest BCUT2D eigenvalue weighted by molar-refractivity contribution is 0.237. The molecule has 1 fully saturated rings. The molecule has 0 bridgehead atoms.